The van der Waals surface area contributed by atoms with Gasteiger partial charge in [-0.2, -0.15) is 4.98 Å². The van der Waals surface area contributed by atoms with Gasteiger partial charge < -0.3 is 14.6 Å². The zero-order chi connectivity index (χ0) is 16.3. The van der Waals surface area contributed by atoms with Crippen LogP contribution in [-0.2, 0) is 9.84 Å². The third-order valence-electron chi connectivity index (χ3n) is 2.51. The van der Waals surface area contributed by atoms with Gasteiger partial charge in [0.05, 0.1) is 7.11 Å². The molecule has 1 N–H and O–H groups in total. The van der Waals surface area contributed by atoms with E-state index < -0.39 is 26.7 Å². The molecule has 0 amide bonds. The van der Waals surface area contributed by atoms with Crippen LogP contribution in [0.4, 0.5) is 0 Å². The number of aromatic nitrogens is 2. The van der Waals surface area contributed by atoms with E-state index in [-0.39, 0.29) is 11.6 Å². The summed E-state index contributed by atoms with van der Waals surface area (Å²) >= 11 is 0. The van der Waals surface area contributed by atoms with Crippen molar-refractivity contribution in [3.8, 4) is 17.4 Å². The first-order chi connectivity index (χ1) is 10.3. The van der Waals surface area contributed by atoms with Gasteiger partial charge in [0, 0.05) is 6.26 Å². The molecule has 0 saturated carbocycles. The normalized spacial score (nSPS) is 11.0. The summed E-state index contributed by atoms with van der Waals surface area (Å²) in [6, 6.07) is 8.34. The molecular weight excluding hydrogens is 312 g/mol. The average molecular weight is 324 g/mol. The quantitative estimate of drug-likeness (QED) is 0.820. The van der Waals surface area contributed by atoms with E-state index in [2.05, 4.69) is 9.97 Å². The van der Waals surface area contributed by atoms with Crippen molar-refractivity contribution >= 4 is 15.8 Å². The number of para-hydroxylation sites is 1. The van der Waals surface area contributed by atoms with E-state index in [1.54, 1.807) is 30.3 Å². The summed E-state index contributed by atoms with van der Waals surface area (Å²) in [5.74, 6) is -1.66. The highest BCUT2D eigenvalue weighted by molar-refractivity contribution is 7.90. The molecule has 116 valence electrons. The Kier molecular flexibility index (Phi) is 4.27. The largest absolute Gasteiger partial charge is 0.489 e. The van der Waals surface area contributed by atoms with Gasteiger partial charge in [0.15, 0.2) is 5.69 Å². The predicted molar refractivity (Wildman–Crippen MR) is 75.2 cm³/mol. The summed E-state index contributed by atoms with van der Waals surface area (Å²) in [7, 11) is -2.61. The van der Waals surface area contributed by atoms with E-state index in [0.29, 0.717) is 5.75 Å². The minimum atomic E-state index is -3.82. The van der Waals surface area contributed by atoms with Crippen LogP contribution in [0.5, 0.6) is 17.4 Å². The first-order valence-electron chi connectivity index (χ1n) is 5.95. The summed E-state index contributed by atoms with van der Waals surface area (Å²) in [4.78, 5) is 18.5. The van der Waals surface area contributed by atoms with Crippen molar-refractivity contribution in [3.05, 3.63) is 36.0 Å². The SMILES string of the molecule is COc1c(Oc2ccccc2)nc(S(C)(=O)=O)nc1C(=O)O. The molecule has 1 aromatic carbocycles. The molecule has 0 aliphatic carbocycles. The molecule has 0 fully saturated rings. The summed E-state index contributed by atoms with van der Waals surface area (Å²) in [5, 5.41) is 8.50. The van der Waals surface area contributed by atoms with Crippen molar-refractivity contribution in [1.82, 2.24) is 9.97 Å². The Bertz CT molecular complexity index is 805. The maximum atomic E-state index is 11.6. The van der Waals surface area contributed by atoms with Gasteiger partial charge in [-0.3, -0.25) is 0 Å². The Morgan fingerprint density at radius 1 is 1.18 bits per heavy atom. The highest BCUT2D eigenvalue weighted by Gasteiger charge is 2.25. The monoisotopic (exact) mass is 324 g/mol. The van der Waals surface area contributed by atoms with Gasteiger partial charge in [0.2, 0.25) is 15.6 Å². The number of carboxylic acids is 1. The molecule has 0 bridgehead atoms. The third-order valence-corrected chi connectivity index (χ3v) is 3.36. The number of rotatable bonds is 5. The van der Waals surface area contributed by atoms with E-state index in [1.165, 1.54) is 7.11 Å². The fourth-order valence-electron chi connectivity index (χ4n) is 1.57. The van der Waals surface area contributed by atoms with Gasteiger partial charge in [0.25, 0.3) is 11.0 Å². The lowest BCUT2D eigenvalue weighted by molar-refractivity contribution is 0.0684. The van der Waals surface area contributed by atoms with Crippen LogP contribution >= 0.6 is 0 Å². The zero-order valence-corrected chi connectivity index (χ0v) is 12.5. The Hall–Kier alpha value is -2.68. The molecular formula is C13H12N2O6S. The Balaban J connectivity index is 2.64. The zero-order valence-electron chi connectivity index (χ0n) is 11.7. The van der Waals surface area contributed by atoms with Crippen LogP contribution in [0.25, 0.3) is 0 Å². The van der Waals surface area contributed by atoms with Crippen LogP contribution in [0.2, 0.25) is 0 Å². The van der Waals surface area contributed by atoms with Gasteiger partial charge in [0.1, 0.15) is 5.75 Å². The smallest absolute Gasteiger partial charge is 0.358 e. The standard InChI is InChI=1S/C13H12N2O6S/c1-20-10-9(12(16)17)14-13(22(2,18)19)15-11(10)21-8-6-4-3-5-7-8/h3-7H,1-2H3,(H,16,17). The van der Waals surface area contributed by atoms with E-state index in [0.717, 1.165) is 6.26 Å². The predicted octanol–water partition coefficient (Wildman–Crippen LogP) is 1.38. The summed E-state index contributed by atoms with van der Waals surface area (Å²) < 4.78 is 33.6. The molecule has 0 spiro atoms. The second-order valence-electron chi connectivity index (χ2n) is 4.19. The lowest BCUT2D eigenvalue weighted by atomic mass is 10.3. The number of sulfone groups is 1. The number of hydrogen-bond acceptors (Lipinski definition) is 7. The summed E-state index contributed by atoms with van der Waals surface area (Å²) in [6.45, 7) is 0. The van der Waals surface area contributed by atoms with Gasteiger partial charge in [-0.05, 0) is 12.1 Å². The third kappa shape index (κ3) is 3.31. The molecule has 8 nitrogen and oxygen atoms in total. The highest BCUT2D eigenvalue weighted by atomic mass is 32.2. The van der Waals surface area contributed by atoms with Gasteiger partial charge >= 0.3 is 5.97 Å². The maximum absolute atomic E-state index is 11.6. The second kappa shape index (κ2) is 5.98. The number of hydrogen-bond donors (Lipinski definition) is 1. The topological polar surface area (TPSA) is 116 Å². The number of ether oxygens (including phenoxy) is 2. The van der Waals surface area contributed by atoms with Crippen LogP contribution in [0, 0.1) is 0 Å². The minimum Gasteiger partial charge on any atom is -0.489 e. The van der Waals surface area contributed by atoms with Crippen molar-refractivity contribution in [1.29, 1.82) is 0 Å². The molecule has 0 radical (unpaired) electrons. The summed E-state index contributed by atoms with van der Waals surface area (Å²) in [5.41, 5.74) is -0.594. The van der Waals surface area contributed by atoms with E-state index in [4.69, 9.17) is 14.6 Å². The molecule has 0 unspecified atom stereocenters. The molecule has 22 heavy (non-hydrogen) atoms. The molecule has 0 aliphatic heterocycles. The van der Waals surface area contributed by atoms with Crippen molar-refractivity contribution in [2.45, 2.75) is 5.16 Å². The number of carboxylic acid groups (broad SMARTS) is 1. The van der Waals surface area contributed by atoms with Gasteiger partial charge in [-0.15, -0.1) is 0 Å². The van der Waals surface area contributed by atoms with Crippen LogP contribution in [0.3, 0.4) is 0 Å². The Morgan fingerprint density at radius 2 is 1.82 bits per heavy atom. The first-order valence-corrected chi connectivity index (χ1v) is 7.84. The Labute approximate surface area is 126 Å². The second-order valence-corrected chi connectivity index (χ2v) is 6.10. The molecule has 9 heteroatoms. The number of methoxy groups -OCH3 is 1. The molecule has 2 rings (SSSR count). The fraction of sp³-hybridized carbons (Fsp3) is 0.154. The van der Waals surface area contributed by atoms with Crippen LogP contribution in [0.15, 0.2) is 35.5 Å². The number of nitrogens with zero attached hydrogens (tertiary/aromatic N) is 2. The molecule has 0 aliphatic rings. The number of aromatic carboxylic acids is 1. The number of benzene rings is 1. The van der Waals surface area contributed by atoms with Crippen molar-refractivity contribution in [2.24, 2.45) is 0 Å². The average Bonchev–Trinajstić information content (AvgIpc) is 2.46. The Morgan fingerprint density at radius 3 is 2.32 bits per heavy atom. The molecule has 0 saturated heterocycles. The lowest BCUT2D eigenvalue weighted by Crippen LogP contribution is -2.13. The fourth-order valence-corrected chi connectivity index (χ4v) is 2.08. The van der Waals surface area contributed by atoms with Crippen molar-refractivity contribution < 1.29 is 27.8 Å². The highest BCUT2D eigenvalue weighted by Crippen LogP contribution is 2.32. The molecule has 1 heterocycles. The van der Waals surface area contributed by atoms with Crippen LogP contribution in [-0.4, -0.2) is 42.8 Å². The van der Waals surface area contributed by atoms with E-state index in [1.807, 2.05) is 0 Å². The molecule has 0 atom stereocenters. The van der Waals surface area contributed by atoms with Crippen LogP contribution < -0.4 is 9.47 Å². The minimum absolute atomic E-state index is 0.260. The van der Waals surface area contributed by atoms with E-state index >= 15 is 0 Å². The van der Waals surface area contributed by atoms with Crippen molar-refractivity contribution in [3.63, 3.8) is 0 Å². The molecule has 1 aromatic heterocycles. The molecule has 2 aromatic rings. The number of carbonyl (C=O) groups is 1. The maximum Gasteiger partial charge on any atom is 0.358 e. The summed E-state index contributed by atoms with van der Waals surface area (Å²) in [6.07, 6.45) is 0.868. The first kappa shape index (κ1) is 15.7. The van der Waals surface area contributed by atoms with Crippen molar-refractivity contribution in [2.75, 3.05) is 13.4 Å². The van der Waals surface area contributed by atoms with Gasteiger partial charge in [-0.25, -0.2) is 18.2 Å². The van der Waals surface area contributed by atoms with Crippen LogP contribution in [0.1, 0.15) is 10.5 Å². The lowest BCUT2D eigenvalue weighted by Gasteiger charge is -2.12. The van der Waals surface area contributed by atoms with Gasteiger partial charge in [-0.1, -0.05) is 18.2 Å². The van der Waals surface area contributed by atoms with E-state index in [9.17, 15) is 13.2 Å².